The molecule has 3 unspecified atom stereocenters. The molecule has 1 aliphatic rings. The molecule has 4 heteroatoms. The van der Waals surface area contributed by atoms with Crippen LogP contribution in [0.15, 0.2) is 134 Å². The number of hydrogen-bond donors (Lipinski definition) is 0. The van der Waals surface area contributed by atoms with Gasteiger partial charge in [-0.3, -0.25) is 0 Å². The fraction of sp³-hybridized carbons (Fsp3) is 0.188. The van der Waals surface area contributed by atoms with Gasteiger partial charge >= 0.3 is 0 Å². The van der Waals surface area contributed by atoms with E-state index >= 15 is 0 Å². The maximum atomic E-state index is 7.08. The van der Waals surface area contributed by atoms with E-state index < -0.39 is 16.3 Å². The maximum Gasteiger partial charge on any atom is 0.0923 e. The molecule has 0 aromatic heterocycles. The standard InChI is InChI=1S/C32H32O2P2/c1-2-26-23-24-31(33-35(27-15-7-3-8-16-27)28-17-9-4-10-18-28)32(25-26)34-36(29-19-11-5-12-20-29)30-21-13-6-14-22-30/h2-22,26,31-32H,1,23-25H2. The van der Waals surface area contributed by atoms with E-state index in [4.69, 9.17) is 9.05 Å². The van der Waals surface area contributed by atoms with Crippen molar-refractivity contribution in [2.75, 3.05) is 0 Å². The van der Waals surface area contributed by atoms with Crippen molar-refractivity contribution < 1.29 is 9.05 Å². The van der Waals surface area contributed by atoms with Crippen LogP contribution >= 0.6 is 16.3 Å². The number of allylic oxidation sites excluding steroid dienone is 1. The Morgan fingerprint density at radius 1 is 0.528 bits per heavy atom. The lowest BCUT2D eigenvalue weighted by molar-refractivity contribution is 0.0290. The van der Waals surface area contributed by atoms with Gasteiger partial charge in [-0.1, -0.05) is 127 Å². The smallest absolute Gasteiger partial charge is 0.0923 e. The Bertz CT molecular complexity index is 1120. The molecule has 0 spiro atoms. The molecule has 0 aliphatic heterocycles. The van der Waals surface area contributed by atoms with E-state index in [9.17, 15) is 0 Å². The maximum absolute atomic E-state index is 7.08. The zero-order valence-corrected chi connectivity index (χ0v) is 22.2. The summed E-state index contributed by atoms with van der Waals surface area (Å²) in [5, 5.41) is 4.92. The minimum absolute atomic E-state index is 0.00861. The second-order valence-electron chi connectivity index (χ2n) is 9.03. The highest BCUT2D eigenvalue weighted by Gasteiger charge is 2.36. The van der Waals surface area contributed by atoms with Crippen molar-refractivity contribution in [3.63, 3.8) is 0 Å². The SMILES string of the molecule is C=CC1CCC(OP(c2ccccc2)c2ccccc2)C(OP(c2ccccc2)c2ccccc2)C1. The monoisotopic (exact) mass is 510 g/mol. The van der Waals surface area contributed by atoms with Crippen molar-refractivity contribution in [3.05, 3.63) is 134 Å². The molecule has 3 atom stereocenters. The van der Waals surface area contributed by atoms with Gasteiger partial charge in [-0.05, 0) is 25.2 Å². The first-order chi connectivity index (χ1) is 17.8. The molecule has 0 saturated heterocycles. The molecule has 0 radical (unpaired) electrons. The Kier molecular flexibility index (Phi) is 8.76. The van der Waals surface area contributed by atoms with Crippen LogP contribution in [0.5, 0.6) is 0 Å². The fourth-order valence-corrected chi connectivity index (χ4v) is 8.50. The van der Waals surface area contributed by atoms with Crippen LogP contribution in [0, 0.1) is 5.92 Å². The Labute approximate surface area is 217 Å². The summed E-state index contributed by atoms with van der Waals surface area (Å²) in [6, 6.07) is 42.5. The highest BCUT2D eigenvalue weighted by Crippen LogP contribution is 2.46. The lowest BCUT2D eigenvalue weighted by Gasteiger charge is -2.38. The van der Waals surface area contributed by atoms with E-state index in [1.165, 1.54) is 21.2 Å². The highest BCUT2D eigenvalue weighted by molar-refractivity contribution is 7.69. The van der Waals surface area contributed by atoms with Gasteiger partial charge in [-0.15, -0.1) is 6.58 Å². The van der Waals surface area contributed by atoms with Gasteiger partial charge in [0.25, 0.3) is 0 Å². The van der Waals surface area contributed by atoms with Crippen molar-refractivity contribution in [1.82, 2.24) is 0 Å². The molecule has 0 bridgehead atoms. The zero-order chi connectivity index (χ0) is 24.6. The Morgan fingerprint density at radius 2 is 0.889 bits per heavy atom. The van der Waals surface area contributed by atoms with Gasteiger partial charge in [0.15, 0.2) is 0 Å². The van der Waals surface area contributed by atoms with Crippen LogP contribution in [-0.2, 0) is 9.05 Å². The van der Waals surface area contributed by atoms with Gasteiger partial charge in [-0.25, -0.2) is 0 Å². The molecule has 2 nitrogen and oxygen atoms in total. The number of rotatable bonds is 9. The van der Waals surface area contributed by atoms with Crippen LogP contribution in [0.3, 0.4) is 0 Å². The lowest BCUT2D eigenvalue weighted by atomic mass is 9.85. The third-order valence-corrected chi connectivity index (χ3v) is 10.6. The van der Waals surface area contributed by atoms with Gasteiger partial charge in [0, 0.05) is 21.2 Å². The average Bonchev–Trinajstić information content (AvgIpc) is 2.97. The molecular formula is C32H32O2P2. The highest BCUT2D eigenvalue weighted by atomic mass is 31.1. The second-order valence-corrected chi connectivity index (χ2v) is 12.7. The van der Waals surface area contributed by atoms with Crippen molar-refractivity contribution in [1.29, 1.82) is 0 Å². The molecular weight excluding hydrogens is 478 g/mol. The van der Waals surface area contributed by atoms with E-state index in [-0.39, 0.29) is 12.2 Å². The molecule has 4 aromatic carbocycles. The van der Waals surface area contributed by atoms with Crippen LogP contribution in [0.1, 0.15) is 19.3 Å². The van der Waals surface area contributed by atoms with E-state index in [1.54, 1.807) is 0 Å². The van der Waals surface area contributed by atoms with Gasteiger partial charge in [0.2, 0.25) is 0 Å². The minimum atomic E-state index is -0.965. The molecule has 182 valence electrons. The van der Waals surface area contributed by atoms with Crippen molar-refractivity contribution in [3.8, 4) is 0 Å². The summed E-state index contributed by atoms with van der Waals surface area (Å²) < 4.78 is 14.1. The van der Waals surface area contributed by atoms with Crippen molar-refractivity contribution in [2.24, 2.45) is 5.92 Å². The number of hydrogen-bond acceptors (Lipinski definition) is 2. The normalized spacial score (nSPS) is 19.9. The number of benzene rings is 4. The Hall–Kier alpha value is -2.60. The van der Waals surface area contributed by atoms with Crippen LogP contribution in [-0.4, -0.2) is 12.2 Å². The average molecular weight is 511 g/mol. The Morgan fingerprint density at radius 3 is 1.25 bits per heavy atom. The van der Waals surface area contributed by atoms with E-state index in [0.29, 0.717) is 5.92 Å². The molecule has 0 heterocycles. The predicted octanol–water partition coefficient (Wildman–Crippen LogP) is 6.84. The second kappa shape index (κ2) is 12.6. The van der Waals surface area contributed by atoms with Crippen LogP contribution in [0.2, 0.25) is 0 Å². The zero-order valence-electron chi connectivity index (χ0n) is 20.4. The molecule has 5 rings (SSSR count). The summed E-state index contributed by atoms with van der Waals surface area (Å²) in [4.78, 5) is 0. The van der Waals surface area contributed by atoms with Crippen LogP contribution < -0.4 is 21.2 Å². The molecule has 1 fully saturated rings. The summed E-state index contributed by atoms with van der Waals surface area (Å²) in [6.45, 7) is 4.11. The van der Waals surface area contributed by atoms with E-state index in [1.807, 2.05) is 0 Å². The van der Waals surface area contributed by atoms with Crippen molar-refractivity contribution in [2.45, 2.75) is 31.5 Å². The third kappa shape index (κ3) is 6.20. The van der Waals surface area contributed by atoms with E-state index in [0.717, 1.165) is 19.3 Å². The summed E-state index contributed by atoms with van der Waals surface area (Å²) in [5.74, 6) is 0.443. The van der Waals surface area contributed by atoms with Crippen LogP contribution in [0.25, 0.3) is 0 Å². The van der Waals surface area contributed by atoms with Gasteiger partial charge in [0.1, 0.15) is 0 Å². The van der Waals surface area contributed by atoms with Gasteiger partial charge in [-0.2, -0.15) is 0 Å². The van der Waals surface area contributed by atoms with Crippen LogP contribution in [0.4, 0.5) is 0 Å². The summed E-state index contributed by atoms with van der Waals surface area (Å²) >= 11 is 0. The first-order valence-corrected chi connectivity index (χ1v) is 15.1. The molecule has 1 saturated carbocycles. The minimum Gasteiger partial charge on any atom is -0.344 e. The lowest BCUT2D eigenvalue weighted by Crippen LogP contribution is -2.38. The third-order valence-electron chi connectivity index (χ3n) is 6.55. The molecule has 4 aromatic rings. The molecule has 0 amide bonds. The first kappa shape index (κ1) is 25.1. The molecule has 1 aliphatic carbocycles. The first-order valence-electron chi connectivity index (χ1n) is 12.6. The molecule has 0 N–H and O–H groups in total. The van der Waals surface area contributed by atoms with E-state index in [2.05, 4.69) is 134 Å². The summed E-state index contributed by atoms with van der Waals surface area (Å²) in [7, 11) is -1.92. The molecule has 36 heavy (non-hydrogen) atoms. The summed E-state index contributed by atoms with van der Waals surface area (Å²) in [6.07, 6.45) is 5.08. The van der Waals surface area contributed by atoms with Gasteiger partial charge < -0.3 is 9.05 Å². The predicted molar refractivity (Wildman–Crippen MR) is 155 cm³/mol. The Balaban J connectivity index is 1.46. The largest absolute Gasteiger partial charge is 0.344 e. The summed E-state index contributed by atoms with van der Waals surface area (Å²) in [5.41, 5.74) is 0. The quantitative estimate of drug-likeness (QED) is 0.181. The van der Waals surface area contributed by atoms with Crippen molar-refractivity contribution >= 4 is 37.5 Å². The topological polar surface area (TPSA) is 18.5 Å². The fourth-order valence-electron chi connectivity index (χ4n) is 4.64. The van der Waals surface area contributed by atoms with Gasteiger partial charge in [0.05, 0.1) is 28.5 Å².